The van der Waals surface area contributed by atoms with Crippen molar-refractivity contribution in [3.63, 3.8) is 0 Å². The number of hydrogen-bond acceptors (Lipinski definition) is 6. The molecule has 0 rings (SSSR count). The Morgan fingerprint density at radius 2 is 0.762 bits per heavy atom. The molecule has 0 spiro atoms. The predicted octanol–water partition coefficient (Wildman–Crippen LogP) is 20.0. The monoisotopic (exact) mass is 1130 g/mol. The van der Waals surface area contributed by atoms with E-state index in [0.29, 0.717) is 17.4 Å². The number of carbonyl (C=O) groups is 1. The maximum atomic E-state index is 13.0. The Labute approximate surface area is 494 Å². The summed E-state index contributed by atoms with van der Waals surface area (Å²) in [5, 5.41) is 13.9. The zero-order valence-corrected chi connectivity index (χ0v) is 53.1. The van der Waals surface area contributed by atoms with Crippen LogP contribution in [0.5, 0.6) is 0 Å². The smallest absolute Gasteiger partial charge is 0.268 e. The first-order valence-corrected chi connectivity index (χ1v) is 34.0. The molecule has 0 aliphatic rings. The second kappa shape index (κ2) is 60.2. The molecule has 0 aliphatic carbocycles. The van der Waals surface area contributed by atoms with Gasteiger partial charge in [0.2, 0.25) is 5.91 Å². The second-order valence-corrected chi connectivity index (χ2v) is 24.1. The van der Waals surface area contributed by atoms with E-state index >= 15 is 0 Å². The third-order valence-electron chi connectivity index (χ3n) is 13.9. The molecule has 0 heterocycles. The van der Waals surface area contributed by atoms with Gasteiger partial charge in [-0.15, -0.1) is 0 Å². The Morgan fingerprint density at radius 3 is 1.11 bits per heavy atom. The van der Waals surface area contributed by atoms with E-state index in [1.54, 1.807) is 6.08 Å². The number of quaternary nitrogens is 1. The molecule has 80 heavy (non-hydrogen) atoms. The van der Waals surface area contributed by atoms with Crippen LogP contribution >= 0.6 is 7.82 Å². The van der Waals surface area contributed by atoms with Crippen LogP contribution in [0.1, 0.15) is 258 Å². The number of aliphatic hydroxyl groups is 1. The van der Waals surface area contributed by atoms with Crippen molar-refractivity contribution in [2.75, 3.05) is 40.9 Å². The standard InChI is InChI=1S/C71H123N2O6P/c1-6-8-10-12-14-16-18-20-22-24-26-28-30-32-33-34-35-36-37-38-39-41-43-45-47-49-51-53-55-57-59-61-63-65-71(75)72-69(68-79-80(76,77)78-67-66-73(3,4)5)70(74)64-62-60-58-56-54-52-50-48-46-44-42-40-31-29-27-25-23-21-19-17-15-13-11-9-7-2/h8,10,14,16,20,22,26,28,32-33,35-36,38-39,43,45,49,51,55,57,62,64,69-70,74H,6-7,9,11-13,15,17-19,21,23-25,27,29-31,34,37,40-42,44,46-48,50,52-54,56,58-61,63,65-68H2,1-5H3,(H-,72,75,76,77)/b10-8-,16-14-,22-20-,28-26-,33-32-,36-35-,39-38-,45-43-,51-49-,57-55-,64-62+. The van der Waals surface area contributed by atoms with E-state index in [1.807, 2.05) is 27.2 Å². The molecule has 0 aromatic carbocycles. The summed E-state index contributed by atoms with van der Waals surface area (Å²) < 4.78 is 23.4. The van der Waals surface area contributed by atoms with Crippen LogP contribution < -0.4 is 10.2 Å². The van der Waals surface area contributed by atoms with E-state index in [-0.39, 0.29) is 18.9 Å². The van der Waals surface area contributed by atoms with Crippen molar-refractivity contribution in [1.82, 2.24) is 5.32 Å². The molecule has 1 amide bonds. The molecule has 3 atom stereocenters. The number of phosphoric ester groups is 1. The molecule has 2 N–H and O–H groups in total. The van der Waals surface area contributed by atoms with Crippen molar-refractivity contribution in [3.05, 3.63) is 134 Å². The van der Waals surface area contributed by atoms with Crippen LogP contribution in [0.4, 0.5) is 0 Å². The highest BCUT2D eigenvalue weighted by molar-refractivity contribution is 7.45. The largest absolute Gasteiger partial charge is 0.756 e. The molecule has 458 valence electrons. The number of aliphatic hydroxyl groups excluding tert-OH is 1. The second-order valence-electron chi connectivity index (χ2n) is 22.7. The zero-order valence-electron chi connectivity index (χ0n) is 52.2. The number of likely N-dealkylation sites (N-methyl/N-ethyl adjacent to an activating group) is 1. The van der Waals surface area contributed by atoms with E-state index in [9.17, 15) is 19.4 Å². The predicted molar refractivity (Wildman–Crippen MR) is 348 cm³/mol. The van der Waals surface area contributed by atoms with Crippen LogP contribution in [0, 0.1) is 0 Å². The lowest BCUT2D eigenvalue weighted by Gasteiger charge is -2.29. The van der Waals surface area contributed by atoms with Crippen molar-refractivity contribution in [1.29, 1.82) is 0 Å². The van der Waals surface area contributed by atoms with Gasteiger partial charge in [-0.3, -0.25) is 9.36 Å². The molecule has 0 saturated carbocycles. The van der Waals surface area contributed by atoms with Gasteiger partial charge in [0.05, 0.1) is 39.9 Å². The Kier molecular flexibility index (Phi) is 57.7. The van der Waals surface area contributed by atoms with Crippen LogP contribution in [0.15, 0.2) is 134 Å². The molecular weight excluding hydrogens is 1010 g/mol. The Bertz CT molecular complexity index is 1760. The fourth-order valence-corrected chi connectivity index (χ4v) is 9.55. The quantitative estimate of drug-likeness (QED) is 0.0272. The zero-order chi connectivity index (χ0) is 58.4. The lowest BCUT2D eigenvalue weighted by Crippen LogP contribution is -2.45. The van der Waals surface area contributed by atoms with Crippen molar-refractivity contribution < 1.29 is 32.9 Å². The van der Waals surface area contributed by atoms with Crippen LogP contribution in [-0.2, 0) is 18.4 Å². The molecule has 0 aromatic heterocycles. The highest BCUT2D eigenvalue weighted by atomic mass is 31.2. The lowest BCUT2D eigenvalue weighted by molar-refractivity contribution is -0.870. The van der Waals surface area contributed by atoms with Crippen LogP contribution in [-0.4, -0.2) is 68.5 Å². The number of nitrogens with zero attached hydrogens (tertiary/aromatic N) is 1. The summed E-state index contributed by atoms with van der Waals surface area (Å²) in [5.41, 5.74) is 0. The number of phosphoric acid groups is 1. The summed E-state index contributed by atoms with van der Waals surface area (Å²) in [7, 11) is 1.22. The van der Waals surface area contributed by atoms with Gasteiger partial charge in [0.25, 0.3) is 7.82 Å². The summed E-state index contributed by atoms with van der Waals surface area (Å²) in [6.07, 6.45) is 91.2. The minimum absolute atomic E-state index is 0.0167. The molecular formula is C71H123N2O6P. The fourth-order valence-electron chi connectivity index (χ4n) is 8.83. The highest BCUT2D eigenvalue weighted by Gasteiger charge is 2.23. The van der Waals surface area contributed by atoms with Crippen molar-refractivity contribution in [3.8, 4) is 0 Å². The summed E-state index contributed by atoms with van der Waals surface area (Å²) in [4.78, 5) is 25.6. The Morgan fingerprint density at radius 1 is 0.450 bits per heavy atom. The number of nitrogens with one attached hydrogen (secondary N) is 1. The number of carbonyl (C=O) groups excluding carboxylic acids is 1. The summed E-state index contributed by atoms with van der Waals surface area (Å²) in [5.74, 6) is -0.243. The molecule has 0 fully saturated rings. The maximum absolute atomic E-state index is 13.0. The van der Waals surface area contributed by atoms with Gasteiger partial charge >= 0.3 is 0 Å². The molecule has 8 nitrogen and oxygen atoms in total. The third-order valence-corrected chi connectivity index (χ3v) is 14.8. The molecule has 0 radical (unpaired) electrons. The van der Waals surface area contributed by atoms with E-state index in [2.05, 4.69) is 141 Å². The maximum Gasteiger partial charge on any atom is 0.268 e. The topological polar surface area (TPSA) is 108 Å². The molecule has 0 aliphatic heterocycles. The Hall–Kier alpha value is -3.36. The lowest BCUT2D eigenvalue weighted by atomic mass is 10.0. The van der Waals surface area contributed by atoms with Crippen LogP contribution in [0.25, 0.3) is 0 Å². The van der Waals surface area contributed by atoms with Gasteiger partial charge in [0, 0.05) is 6.42 Å². The van der Waals surface area contributed by atoms with E-state index in [4.69, 9.17) is 9.05 Å². The first-order chi connectivity index (χ1) is 39.0. The van der Waals surface area contributed by atoms with Crippen LogP contribution in [0.2, 0.25) is 0 Å². The van der Waals surface area contributed by atoms with E-state index in [1.165, 1.54) is 135 Å². The van der Waals surface area contributed by atoms with E-state index in [0.717, 1.165) is 96.3 Å². The van der Waals surface area contributed by atoms with Gasteiger partial charge in [-0.2, -0.15) is 0 Å². The summed E-state index contributed by atoms with van der Waals surface area (Å²) in [6.45, 7) is 4.51. The van der Waals surface area contributed by atoms with Crippen molar-refractivity contribution in [2.45, 2.75) is 270 Å². The van der Waals surface area contributed by atoms with Gasteiger partial charge in [0.15, 0.2) is 0 Å². The summed E-state index contributed by atoms with van der Waals surface area (Å²) >= 11 is 0. The van der Waals surface area contributed by atoms with Crippen LogP contribution in [0.3, 0.4) is 0 Å². The van der Waals surface area contributed by atoms with Gasteiger partial charge in [-0.25, -0.2) is 0 Å². The minimum Gasteiger partial charge on any atom is -0.756 e. The van der Waals surface area contributed by atoms with Gasteiger partial charge in [-0.05, 0) is 96.3 Å². The first kappa shape index (κ1) is 76.6. The fraction of sp³-hybridized carbons (Fsp3) is 0.676. The highest BCUT2D eigenvalue weighted by Crippen LogP contribution is 2.38. The van der Waals surface area contributed by atoms with Crippen molar-refractivity contribution >= 4 is 13.7 Å². The normalized spacial score (nSPS) is 14.6. The number of unbranched alkanes of at least 4 members (excludes halogenated alkanes) is 25. The summed E-state index contributed by atoms with van der Waals surface area (Å²) in [6, 6.07) is -0.922. The number of amides is 1. The molecule has 0 bridgehead atoms. The Balaban J connectivity index is 4.29. The SMILES string of the molecule is CC/C=C\C/C=C\C/C=C\C/C=C\C/C=C\C/C=C\C/C=C\C/C=C\C/C=C\C/C=C\CCCCC(=O)NC(COP(=O)([O-])OCC[N+](C)(C)C)C(O)/C=C/CCCCCCCCCCCCCCCCCCCCCCCCC. The van der Waals surface area contributed by atoms with Gasteiger partial charge in [0.1, 0.15) is 13.2 Å². The average Bonchev–Trinajstić information content (AvgIpc) is 3.42. The van der Waals surface area contributed by atoms with Gasteiger partial charge < -0.3 is 28.8 Å². The number of allylic oxidation sites excluding steroid dienone is 21. The molecule has 0 saturated heterocycles. The number of hydrogen-bond donors (Lipinski definition) is 2. The van der Waals surface area contributed by atoms with E-state index < -0.39 is 26.6 Å². The minimum atomic E-state index is -4.62. The molecule has 3 unspecified atom stereocenters. The number of rotatable bonds is 58. The third kappa shape index (κ3) is 62.2. The van der Waals surface area contributed by atoms with Crippen molar-refractivity contribution in [2.24, 2.45) is 0 Å². The molecule has 0 aromatic rings. The average molecular weight is 1130 g/mol. The molecule has 9 heteroatoms. The van der Waals surface area contributed by atoms with Gasteiger partial charge in [-0.1, -0.05) is 289 Å². The first-order valence-electron chi connectivity index (χ1n) is 32.5.